The summed E-state index contributed by atoms with van der Waals surface area (Å²) in [7, 11) is 0. The highest BCUT2D eigenvalue weighted by Crippen LogP contribution is 2.28. The lowest BCUT2D eigenvalue weighted by molar-refractivity contribution is 0.392. The van der Waals surface area contributed by atoms with Gasteiger partial charge in [-0.2, -0.15) is 0 Å². The third-order valence-electron chi connectivity index (χ3n) is 2.39. The molecule has 2 rings (SSSR count). The Kier molecular flexibility index (Phi) is 2.65. The van der Waals surface area contributed by atoms with Crippen LogP contribution in [-0.2, 0) is 5.41 Å². The number of benzene rings is 1. The summed E-state index contributed by atoms with van der Waals surface area (Å²) in [4.78, 5) is 4.32. The van der Waals surface area contributed by atoms with E-state index < -0.39 is 5.82 Å². The number of phenolic OH excluding ortho intramolecular Hbond substituents is 1. The van der Waals surface area contributed by atoms with Gasteiger partial charge in [-0.3, -0.25) is 0 Å². The van der Waals surface area contributed by atoms with E-state index in [0.717, 1.165) is 0 Å². The summed E-state index contributed by atoms with van der Waals surface area (Å²) >= 11 is 0. The molecule has 0 atom stereocenters. The monoisotopic (exact) mass is 235 g/mol. The fourth-order valence-corrected chi connectivity index (χ4v) is 1.42. The van der Waals surface area contributed by atoms with Gasteiger partial charge in [0.1, 0.15) is 12.0 Å². The Balaban J connectivity index is 2.40. The number of aromatic hydroxyl groups is 1. The second-order valence-electron chi connectivity index (χ2n) is 4.95. The van der Waals surface area contributed by atoms with Gasteiger partial charge in [0.2, 0.25) is 0 Å². The minimum Gasteiger partial charge on any atom is -0.505 e. The summed E-state index contributed by atoms with van der Waals surface area (Å²) < 4.78 is 18.3. The Labute approximate surface area is 98.9 Å². The highest BCUT2D eigenvalue weighted by Gasteiger charge is 2.20. The van der Waals surface area contributed by atoms with Crippen molar-refractivity contribution in [2.45, 2.75) is 26.2 Å². The first-order valence-electron chi connectivity index (χ1n) is 5.33. The van der Waals surface area contributed by atoms with Gasteiger partial charge in [0.05, 0.1) is 0 Å². The largest absolute Gasteiger partial charge is 0.505 e. The number of halogens is 1. The van der Waals surface area contributed by atoms with Crippen LogP contribution in [0.4, 0.5) is 4.39 Å². The second kappa shape index (κ2) is 3.87. The van der Waals surface area contributed by atoms with Gasteiger partial charge in [0.15, 0.2) is 17.5 Å². The Morgan fingerprint density at radius 1 is 1.29 bits per heavy atom. The molecule has 0 unspecified atom stereocenters. The molecule has 17 heavy (non-hydrogen) atoms. The molecular formula is C13H14FNO2. The lowest BCUT2D eigenvalue weighted by atomic mass is 9.97. The Morgan fingerprint density at radius 3 is 2.53 bits per heavy atom. The van der Waals surface area contributed by atoms with E-state index in [2.05, 4.69) is 4.98 Å². The molecule has 1 N–H and O–H groups in total. The van der Waals surface area contributed by atoms with Crippen LogP contribution in [0.5, 0.6) is 5.75 Å². The zero-order valence-corrected chi connectivity index (χ0v) is 9.99. The van der Waals surface area contributed by atoms with Crippen molar-refractivity contribution in [3.8, 4) is 17.0 Å². The number of phenols is 1. The molecule has 0 saturated heterocycles. The molecular weight excluding hydrogens is 221 g/mol. The molecule has 90 valence electrons. The lowest BCUT2D eigenvalue weighted by Crippen LogP contribution is -2.11. The first-order valence-corrected chi connectivity index (χ1v) is 5.33. The highest BCUT2D eigenvalue weighted by atomic mass is 19.1. The molecule has 1 aromatic heterocycles. The van der Waals surface area contributed by atoms with E-state index >= 15 is 0 Å². The van der Waals surface area contributed by atoms with Crippen molar-refractivity contribution in [1.82, 2.24) is 4.98 Å². The van der Waals surface area contributed by atoms with Crippen LogP contribution in [-0.4, -0.2) is 10.1 Å². The van der Waals surface area contributed by atoms with Crippen LogP contribution >= 0.6 is 0 Å². The third-order valence-corrected chi connectivity index (χ3v) is 2.39. The first-order chi connectivity index (χ1) is 7.88. The minimum absolute atomic E-state index is 0.180. The van der Waals surface area contributed by atoms with Gasteiger partial charge in [0, 0.05) is 11.0 Å². The molecule has 0 aliphatic rings. The Hall–Kier alpha value is -1.84. The number of hydrogen-bond acceptors (Lipinski definition) is 3. The van der Waals surface area contributed by atoms with E-state index in [-0.39, 0.29) is 11.2 Å². The molecule has 0 aliphatic heterocycles. The average molecular weight is 235 g/mol. The summed E-state index contributed by atoms with van der Waals surface area (Å²) in [5.74, 6) is -0.424. The zero-order chi connectivity index (χ0) is 12.6. The predicted octanol–water partition coefficient (Wildman–Crippen LogP) is 3.48. The van der Waals surface area contributed by atoms with Crippen molar-refractivity contribution in [1.29, 1.82) is 0 Å². The fraction of sp³-hybridized carbons (Fsp3) is 0.308. The number of oxazole rings is 1. The van der Waals surface area contributed by atoms with Gasteiger partial charge in [-0.05, 0) is 18.2 Å². The summed E-state index contributed by atoms with van der Waals surface area (Å²) in [6.45, 7) is 5.97. The molecule has 0 saturated carbocycles. The van der Waals surface area contributed by atoms with Crippen LogP contribution < -0.4 is 0 Å². The van der Waals surface area contributed by atoms with E-state index in [9.17, 15) is 9.50 Å². The minimum atomic E-state index is -0.645. The zero-order valence-electron chi connectivity index (χ0n) is 9.99. The number of rotatable bonds is 1. The quantitative estimate of drug-likeness (QED) is 0.823. The van der Waals surface area contributed by atoms with Crippen LogP contribution in [0.25, 0.3) is 11.3 Å². The van der Waals surface area contributed by atoms with Gasteiger partial charge in [-0.15, -0.1) is 0 Å². The fourth-order valence-electron chi connectivity index (χ4n) is 1.42. The van der Waals surface area contributed by atoms with Crippen molar-refractivity contribution in [2.24, 2.45) is 0 Å². The lowest BCUT2D eigenvalue weighted by Gasteiger charge is -2.11. The van der Waals surface area contributed by atoms with Crippen LogP contribution in [0.1, 0.15) is 26.7 Å². The second-order valence-corrected chi connectivity index (χ2v) is 4.95. The maximum absolute atomic E-state index is 12.9. The molecule has 0 spiro atoms. The molecule has 1 heterocycles. The molecule has 0 amide bonds. The summed E-state index contributed by atoms with van der Waals surface area (Å²) in [6, 6.07) is 4.09. The van der Waals surface area contributed by atoms with Gasteiger partial charge in [-0.1, -0.05) is 20.8 Å². The number of nitrogens with zero attached hydrogens (tertiary/aromatic N) is 1. The topological polar surface area (TPSA) is 46.3 Å². The van der Waals surface area contributed by atoms with Crippen molar-refractivity contribution in [3.63, 3.8) is 0 Å². The third kappa shape index (κ3) is 2.30. The molecule has 0 radical (unpaired) electrons. The summed E-state index contributed by atoms with van der Waals surface area (Å²) in [6.07, 6.45) is 1.51. The Morgan fingerprint density at radius 2 is 2.00 bits per heavy atom. The van der Waals surface area contributed by atoms with Crippen LogP contribution in [0.15, 0.2) is 28.9 Å². The molecule has 0 bridgehead atoms. The van der Waals surface area contributed by atoms with Crippen LogP contribution in [0, 0.1) is 5.82 Å². The van der Waals surface area contributed by atoms with Crippen LogP contribution in [0.2, 0.25) is 0 Å². The van der Waals surface area contributed by atoms with Crippen molar-refractivity contribution < 1.29 is 13.9 Å². The van der Waals surface area contributed by atoms with E-state index in [4.69, 9.17) is 4.42 Å². The van der Waals surface area contributed by atoms with Crippen molar-refractivity contribution in [3.05, 3.63) is 36.2 Å². The van der Waals surface area contributed by atoms with Crippen molar-refractivity contribution in [2.75, 3.05) is 0 Å². The number of aromatic nitrogens is 1. The van der Waals surface area contributed by atoms with Crippen LogP contribution in [0.3, 0.4) is 0 Å². The summed E-state index contributed by atoms with van der Waals surface area (Å²) in [5, 5.41) is 9.29. The molecule has 2 aromatic rings. The van der Waals surface area contributed by atoms with Gasteiger partial charge >= 0.3 is 0 Å². The molecule has 0 aliphatic carbocycles. The average Bonchev–Trinajstić information content (AvgIpc) is 2.70. The smallest absolute Gasteiger partial charge is 0.199 e. The maximum Gasteiger partial charge on any atom is 0.199 e. The molecule has 1 aromatic carbocycles. The van der Waals surface area contributed by atoms with Crippen molar-refractivity contribution >= 4 is 0 Å². The highest BCUT2D eigenvalue weighted by molar-refractivity contribution is 5.60. The first kappa shape index (κ1) is 11.6. The van der Waals surface area contributed by atoms with E-state index in [0.29, 0.717) is 17.1 Å². The normalized spacial score (nSPS) is 11.8. The van der Waals surface area contributed by atoms with Gasteiger partial charge in [-0.25, -0.2) is 9.37 Å². The maximum atomic E-state index is 12.9. The summed E-state index contributed by atoms with van der Waals surface area (Å²) in [5.41, 5.74) is 1.04. The SMILES string of the molecule is CC(C)(C)c1nc(-c2ccc(F)c(O)c2)co1. The molecule has 4 heteroatoms. The van der Waals surface area contributed by atoms with E-state index in [1.807, 2.05) is 20.8 Å². The standard InChI is InChI=1S/C13H14FNO2/c1-13(2,3)12-15-10(7-17-12)8-4-5-9(14)11(16)6-8/h4-7,16H,1-3H3. The van der Waals surface area contributed by atoms with E-state index in [1.165, 1.54) is 18.4 Å². The number of hydrogen-bond donors (Lipinski definition) is 1. The molecule has 3 nitrogen and oxygen atoms in total. The predicted molar refractivity (Wildman–Crippen MR) is 62.3 cm³/mol. The molecule has 0 fully saturated rings. The van der Waals surface area contributed by atoms with E-state index in [1.54, 1.807) is 6.07 Å². The van der Waals surface area contributed by atoms with Gasteiger partial charge < -0.3 is 9.52 Å². The van der Waals surface area contributed by atoms with Gasteiger partial charge in [0.25, 0.3) is 0 Å². The Bertz CT molecular complexity index is 541.